The van der Waals surface area contributed by atoms with Gasteiger partial charge in [0.2, 0.25) is 21.5 Å². The third kappa shape index (κ3) is 6.39. The average molecular weight is 570 g/mol. The molecule has 4 rings (SSSR count). The number of aromatic nitrogens is 4. The molecule has 0 aromatic carbocycles. The first-order valence-corrected chi connectivity index (χ1v) is 13.8. The normalized spacial score (nSPS) is 18.4. The number of ether oxygens (including phenoxy) is 1. The van der Waals surface area contributed by atoms with E-state index in [1.807, 2.05) is 0 Å². The average Bonchev–Trinajstić information content (AvgIpc) is 2.86. The molecule has 4 heterocycles. The number of alkyl halides is 3. The second-order valence-corrected chi connectivity index (χ2v) is 11.2. The van der Waals surface area contributed by atoms with Crippen molar-refractivity contribution < 1.29 is 26.3 Å². The summed E-state index contributed by atoms with van der Waals surface area (Å²) in [6.07, 6.45) is -0.878. The minimum absolute atomic E-state index is 0.0334. The lowest BCUT2D eigenvalue weighted by atomic mass is 9.94. The van der Waals surface area contributed by atoms with Gasteiger partial charge in [-0.15, -0.1) is 0 Å². The highest BCUT2D eigenvalue weighted by atomic mass is 32.2. The van der Waals surface area contributed by atoms with Gasteiger partial charge in [-0.1, -0.05) is 0 Å². The number of sulfonamides is 1. The first kappa shape index (κ1) is 28.5. The van der Waals surface area contributed by atoms with Crippen molar-refractivity contribution in [1.82, 2.24) is 34.0 Å². The van der Waals surface area contributed by atoms with Crippen LogP contribution in [0.25, 0.3) is 5.57 Å². The molecule has 1 saturated heterocycles. The van der Waals surface area contributed by atoms with Gasteiger partial charge in [-0.3, -0.25) is 10.3 Å². The topological polar surface area (TPSA) is 141 Å². The Balaban J connectivity index is 1.71. The van der Waals surface area contributed by atoms with Crippen LogP contribution in [0.1, 0.15) is 18.1 Å². The monoisotopic (exact) mass is 569 g/mol. The third-order valence-corrected chi connectivity index (χ3v) is 7.92. The lowest BCUT2D eigenvalue weighted by Gasteiger charge is -2.40. The predicted octanol–water partition coefficient (Wildman–Crippen LogP) is 1.17. The minimum atomic E-state index is -4.62. The molecule has 0 bridgehead atoms. The number of methoxy groups -OCH3 is 1. The number of hydrogen-bond acceptors (Lipinski definition) is 10. The van der Waals surface area contributed by atoms with E-state index in [-0.39, 0.29) is 49.6 Å². The SMILES string of the molecule is COc1ccc(NC2=C(c3nc(=N)nc(C)n3C)CC(C(N3CCN(S(C)(=O)=O)CC3)C(F)(F)F)=CN2)cn1. The molecule has 39 heavy (non-hydrogen) atoms. The number of aryl methyl sites for hydroxylation is 1. The molecule has 1 unspecified atom stereocenters. The Hall–Kier alpha value is -3.50. The second-order valence-electron chi connectivity index (χ2n) is 9.23. The molecular weight excluding hydrogens is 539 g/mol. The summed E-state index contributed by atoms with van der Waals surface area (Å²) in [6, 6.07) is 1.40. The molecule has 1 fully saturated rings. The molecule has 1 atom stereocenters. The number of pyridine rings is 1. The Labute approximate surface area is 223 Å². The highest BCUT2D eigenvalue weighted by Crippen LogP contribution is 2.37. The van der Waals surface area contributed by atoms with Crippen molar-refractivity contribution in [3.8, 4) is 5.88 Å². The van der Waals surface area contributed by atoms with Crippen LogP contribution in [0.4, 0.5) is 18.9 Å². The van der Waals surface area contributed by atoms with Gasteiger partial charge in [0.05, 0.1) is 25.2 Å². The Morgan fingerprint density at radius 3 is 2.44 bits per heavy atom. The van der Waals surface area contributed by atoms with Gasteiger partial charge in [0.1, 0.15) is 23.5 Å². The molecular formula is C23H30F3N9O3S. The van der Waals surface area contributed by atoms with Crippen LogP contribution in [0.3, 0.4) is 0 Å². The van der Waals surface area contributed by atoms with Crippen molar-refractivity contribution in [3.05, 3.63) is 53.2 Å². The van der Waals surface area contributed by atoms with Gasteiger partial charge in [-0.25, -0.2) is 13.4 Å². The van der Waals surface area contributed by atoms with E-state index in [1.54, 1.807) is 30.7 Å². The van der Waals surface area contributed by atoms with Gasteiger partial charge in [0.15, 0.2) is 0 Å². The molecule has 0 saturated carbocycles. The van der Waals surface area contributed by atoms with Crippen LogP contribution in [-0.2, 0) is 17.1 Å². The van der Waals surface area contributed by atoms with E-state index in [0.717, 1.165) is 6.26 Å². The van der Waals surface area contributed by atoms with Gasteiger partial charge in [0.25, 0.3) is 0 Å². The summed E-state index contributed by atoms with van der Waals surface area (Å²) < 4.78 is 75.2. The lowest BCUT2D eigenvalue weighted by molar-refractivity contribution is -0.176. The Morgan fingerprint density at radius 1 is 1.18 bits per heavy atom. The minimum Gasteiger partial charge on any atom is -0.481 e. The number of allylic oxidation sites excluding steroid dienone is 1. The van der Waals surface area contributed by atoms with E-state index >= 15 is 0 Å². The molecule has 16 heteroatoms. The molecule has 2 aromatic rings. The standard InChI is InChI=1S/C23H30F3N9O3S/c1-14-30-22(27)32-21(33(14)2)17-11-15(12-29-20(17)31-16-5-6-18(38-3)28-13-16)19(23(24,25)26)34-7-9-35(10-8-34)39(4,36)37/h5-6,12-13,19,27,29,31H,7-11H2,1-4H3. The van der Waals surface area contributed by atoms with Crippen LogP contribution in [0.5, 0.6) is 5.88 Å². The number of halogens is 3. The Kier molecular flexibility index (Phi) is 7.99. The zero-order valence-corrected chi connectivity index (χ0v) is 22.7. The summed E-state index contributed by atoms with van der Waals surface area (Å²) in [6.45, 7) is 1.46. The summed E-state index contributed by atoms with van der Waals surface area (Å²) in [4.78, 5) is 13.7. The smallest absolute Gasteiger partial charge is 0.407 e. The van der Waals surface area contributed by atoms with Gasteiger partial charge in [-0.2, -0.15) is 27.4 Å². The fourth-order valence-electron chi connectivity index (χ4n) is 4.59. The zero-order chi connectivity index (χ0) is 28.5. The second kappa shape index (κ2) is 10.9. The molecule has 12 nitrogen and oxygen atoms in total. The molecule has 212 valence electrons. The molecule has 2 aliphatic heterocycles. The van der Waals surface area contributed by atoms with Crippen LogP contribution in [0, 0.1) is 12.3 Å². The molecule has 3 N–H and O–H groups in total. The fraction of sp³-hybridized carbons (Fsp3) is 0.478. The van der Waals surface area contributed by atoms with Crippen molar-refractivity contribution in [3.63, 3.8) is 0 Å². The maximum absolute atomic E-state index is 14.5. The predicted molar refractivity (Wildman–Crippen MR) is 137 cm³/mol. The molecule has 0 aliphatic carbocycles. The first-order valence-electron chi connectivity index (χ1n) is 12.0. The maximum Gasteiger partial charge on any atom is 0.407 e. The van der Waals surface area contributed by atoms with Crippen molar-refractivity contribution >= 4 is 21.3 Å². The van der Waals surface area contributed by atoms with Crippen LogP contribution in [0.2, 0.25) is 0 Å². The maximum atomic E-state index is 14.5. The highest BCUT2D eigenvalue weighted by molar-refractivity contribution is 7.88. The Bertz CT molecular complexity index is 1450. The van der Waals surface area contributed by atoms with Crippen LogP contribution >= 0.6 is 0 Å². The summed E-state index contributed by atoms with van der Waals surface area (Å²) >= 11 is 0. The third-order valence-electron chi connectivity index (χ3n) is 6.62. The molecule has 0 radical (unpaired) electrons. The molecule has 0 amide bonds. The summed E-state index contributed by atoms with van der Waals surface area (Å²) in [5, 5.41) is 14.1. The number of anilines is 1. The number of nitrogens with one attached hydrogen (secondary N) is 3. The summed E-state index contributed by atoms with van der Waals surface area (Å²) in [5.74, 6) is 1.51. The van der Waals surface area contributed by atoms with E-state index in [9.17, 15) is 21.6 Å². The largest absolute Gasteiger partial charge is 0.481 e. The lowest BCUT2D eigenvalue weighted by Crippen LogP contribution is -2.56. The number of dihydropyridines is 1. The van der Waals surface area contributed by atoms with Gasteiger partial charge in [-0.05, 0) is 18.6 Å². The van der Waals surface area contributed by atoms with Crippen LogP contribution in [0.15, 0.2) is 35.9 Å². The van der Waals surface area contributed by atoms with Crippen LogP contribution in [-0.4, -0.2) is 88.9 Å². The van der Waals surface area contributed by atoms with E-state index in [1.165, 1.54) is 28.7 Å². The van der Waals surface area contributed by atoms with Gasteiger partial charge in [0, 0.05) is 57.5 Å². The first-order chi connectivity index (χ1) is 18.3. The quantitative estimate of drug-likeness (QED) is 0.448. The van der Waals surface area contributed by atoms with Crippen molar-refractivity contribution in [2.75, 3.05) is 44.9 Å². The number of nitrogens with zero attached hydrogens (tertiary/aromatic N) is 6. The summed E-state index contributed by atoms with van der Waals surface area (Å²) in [5.41, 5.74) is 0.718. The number of rotatable bonds is 7. The van der Waals surface area contributed by atoms with Crippen molar-refractivity contribution in [2.24, 2.45) is 7.05 Å². The van der Waals surface area contributed by atoms with E-state index in [2.05, 4.69) is 25.6 Å². The number of hydrogen-bond donors (Lipinski definition) is 3. The van der Waals surface area contributed by atoms with E-state index < -0.39 is 22.2 Å². The highest BCUT2D eigenvalue weighted by Gasteiger charge is 2.47. The fourth-order valence-corrected chi connectivity index (χ4v) is 5.42. The zero-order valence-electron chi connectivity index (χ0n) is 21.9. The van der Waals surface area contributed by atoms with Crippen molar-refractivity contribution in [2.45, 2.75) is 25.6 Å². The Morgan fingerprint density at radius 2 is 1.87 bits per heavy atom. The van der Waals surface area contributed by atoms with Crippen molar-refractivity contribution in [1.29, 1.82) is 5.41 Å². The van der Waals surface area contributed by atoms with Gasteiger partial charge >= 0.3 is 6.18 Å². The van der Waals surface area contributed by atoms with E-state index in [4.69, 9.17) is 10.1 Å². The van der Waals surface area contributed by atoms with Gasteiger partial charge < -0.3 is 19.9 Å². The molecule has 0 spiro atoms. The molecule has 2 aliphatic rings. The summed E-state index contributed by atoms with van der Waals surface area (Å²) in [7, 11) is -0.340. The van der Waals surface area contributed by atoms with E-state index in [0.29, 0.717) is 28.8 Å². The number of piperazine rings is 1. The molecule has 2 aromatic heterocycles. The van der Waals surface area contributed by atoms with Crippen LogP contribution < -0.4 is 21.0 Å².